The average Bonchev–Trinajstić information content (AvgIpc) is 3.54. The molecule has 3 rings (SSSR count). The Morgan fingerprint density at radius 2 is 1.39 bits per heavy atom. The Bertz CT molecular complexity index is 1480. The number of aromatic amines is 1. The first-order valence-corrected chi connectivity index (χ1v) is 20.7. The summed E-state index contributed by atoms with van der Waals surface area (Å²) >= 11 is 0. The number of nitrogens with zero attached hydrogens (tertiary/aromatic N) is 4. The predicted octanol–water partition coefficient (Wildman–Crippen LogP) is 2.67. The lowest BCUT2D eigenvalue weighted by Gasteiger charge is -2.39. The molecule has 0 spiro atoms. The minimum Gasteiger partial charge on any atom is -0.387 e. The summed E-state index contributed by atoms with van der Waals surface area (Å²) in [6.45, 7) is 14.0. The summed E-state index contributed by atoms with van der Waals surface area (Å²) in [5.41, 5.74) is 4.50. The molecule has 2 aromatic rings. The van der Waals surface area contributed by atoms with Crippen molar-refractivity contribution >= 4 is 40.6 Å². The number of nitrogens with one attached hydrogen (secondary N) is 1. The van der Waals surface area contributed by atoms with Crippen molar-refractivity contribution in [3.05, 3.63) is 16.7 Å². The van der Waals surface area contributed by atoms with Crippen molar-refractivity contribution in [3.8, 4) is 0 Å². The molecule has 20 nitrogen and oxygen atoms in total. The number of hydrogen-bond donors (Lipinski definition) is 8. The van der Waals surface area contributed by atoms with Crippen LogP contribution in [0.15, 0.2) is 11.1 Å². The van der Waals surface area contributed by atoms with E-state index < -0.39 is 60.2 Å². The molecular weight excluding hydrogens is 713 g/mol. The monoisotopic (exact) mass is 765 g/mol. The third kappa shape index (κ3) is 13.8. The number of rotatable bonds is 20. The number of nitrogen functional groups attached to an aromatic ring is 1. The molecule has 1 fully saturated rings. The van der Waals surface area contributed by atoms with Gasteiger partial charge in [0.25, 0.3) is 5.56 Å². The number of phosphoric acid groups is 3. The molecule has 0 amide bonds. The lowest BCUT2D eigenvalue weighted by Crippen LogP contribution is -2.50. The highest BCUT2D eigenvalue weighted by Gasteiger charge is 2.47. The number of quaternary nitrogens is 1. The number of aliphatic hydroxyl groups is 2. The lowest BCUT2D eigenvalue weighted by molar-refractivity contribution is -0.929. The minimum absolute atomic E-state index is 0.115. The van der Waals surface area contributed by atoms with Crippen LogP contribution in [0.2, 0.25) is 0 Å². The van der Waals surface area contributed by atoms with Crippen molar-refractivity contribution in [2.75, 3.05) is 38.5 Å². The molecule has 6 atom stereocenters. The van der Waals surface area contributed by atoms with Crippen LogP contribution in [0.25, 0.3) is 11.2 Å². The highest BCUT2D eigenvalue weighted by molar-refractivity contribution is 7.66. The van der Waals surface area contributed by atoms with Gasteiger partial charge in [0.2, 0.25) is 5.95 Å². The molecule has 1 saturated heterocycles. The molecule has 2 unspecified atom stereocenters. The van der Waals surface area contributed by atoms with E-state index in [1.165, 1.54) is 82.0 Å². The number of anilines is 1. The summed E-state index contributed by atoms with van der Waals surface area (Å²) in [7, 11) is -16.8. The van der Waals surface area contributed by atoms with Crippen molar-refractivity contribution in [1.29, 1.82) is 0 Å². The van der Waals surface area contributed by atoms with Crippen LogP contribution in [0.3, 0.4) is 0 Å². The molecule has 284 valence electrons. The first-order valence-electron chi connectivity index (χ1n) is 16.2. The maximum absolute atomic E-state index is 11.9. The molecule has 49 heavy (non-hydrogen) atoms. The van der Waals surface area contributed by atoms with E-state index in [2.05, 4.69) is 55.8 Å². The SMILES string of the molecule is CCCC[N+](CCCC)(CCCC)CCCC.Nc1nc2c(ncn2[C@@H]2O[C@H](COP(=O)(O)OP(=O)(O)OP(=O)(O)O)[C@@H](O)[C@H]2O)c(=O)[nH]1. The topological polar surface area (TPSA) is 299 Å². The third-order valence-corrected chi connectivity index (χ3v) is 11.6. The van der Waals surface area contributed by atoms with Crippen LogP contribution in [0, 0.1) is 0 Å². The number of imidazole rings is 1. The van der Waals surface area contributed by atoms with Crippen molar-refractivity contribution in [1.82, 2.24) is 19.5 Å². The zero-order valence-electron chi connectivity index (χ0n) is 28.2. The molecule has 9 N–H and O–H groups in total. The van der Waals surface area contributed by atoms with Gasteiger partial charge in [-0.1, -0.05) is 53.4 Å². The van der Waals surface area contributed by atoms with Gasteiger partial charge in [0.15, 0.2) is 17.4 Å². The largest absolute Gasteiger partial charge is 0.490 e. The first kappa shape index (κ1) is 43.6. The van der Waals surface area contributed by atoms with Crippen LogP contribution >= 0.6 is 23.5 Å². The maximum Gasteiger partial charge on any atom is 0.490 e. The Balaban J connectivity index is 0.000000417. The van der Waals surface area contributed by atoms with Gasteiger partial charge in [-0.05, 0) is 25.7 Å². The van der Waals surface area contributed by atoms with Crippen molar-refractivity contribution in [3.63, 3.8) is 0 Å². The summed E-state index contributed by atoms with van der Waals surface area (Å²) in [5, 5.41) is 20.4. The van der Waals surface area contributed by atoms with E-state index in [-0.39, 0.29) is 17.1 Å². The van der Waals surface area contributed by atoms with Crippen molar-refractivity contribution in [2.24, 2.45) is 0 Å². The van der Waals surface area contributed by atoms with Gasteiger partial charge in [-0.25, -0.2) is 18.7 Å². The maximum atomic E-state index is 11.9. The molecule has 0 saturated carbocycles. The zero-order chi connectivity index (χ0) is 37.0. The molecule has 0 bridgehead atoms. The summed E-state index contributed by atoms with van der Waals surface area (Å²) in [5.74, 6) is -0.276. The van der Waals surface area contributed by atoms with E-state index in [4.69, 9.17) is 25.2 Å². The molecule has 1 aliphatic heterocycles. The van der Waals surface area contributed by atoms with Crippen LogP contribution in [0.4, 0.5) is 5.95 Å². The van der Waals surface area contributed by atoms with E-state index in [1.54, 1.807) is 0 Å². The Hall–Kier alpha value is -1.60. The van der Waals surface area contributed by atoms with Gasteiger partial charge < -0.3 is 44.7 Å². The van der Waals surface area contributed by atoms with Gasteiger partial charge >= 0.3 is 23.5 Å². The Labute approximate surface area is 284 Å². The second kappa shape index (κ2) is 19.3. The molecular formula is C26H52N6O14P3+. The number of H-pyrrole nitrogens is 1. The summed E-state index contributed by atoms with van der Waals surface area (Å²) in [4.78, 5) is 57.3. The van der Waals surface area contributed by atoms with E-state index in [1.807, 2.05) is 0 Å². The second-order valence-electron chi connectivity index (χ2n) is 11.9. The number of aromatic nitrogens is 4. The van der Waals surface area contributed by atoms with Gasteiger partial charge in [0.1, 0.15) is 18.3 Å². The number of phosphoric ester groups is 1. The number of aliphatic hydroxyl groups excluding tert-OH is 2. The molecule has 1 aliphatic rings. The average molecular weight is 766 g/mol. The molecule has 2 aromatic heterocycles. The van der Waals surface area contributed by atoms with Gasteiger partial charge in [-0.2, -0.15) is 13.6 Å². The summed E-state index contributed by atoms with van der Waals surface area (Å²) in [6.07, 6.45) is 5.73. The van der Waals surface area contributed by atoms with Crippen molar-refractivity contribution < 1.29 is 65.8 Å². The van der Waals surface area contributed by atoms with Crippen LogP contribution < -0.4 is 11.3 Å². The zero-order valence-corrected chi connectivity index (χ0v) is 30.9. The van der Waals surface area contributed by atoms with E-state index >= 15 is 0 Å². The number of ether oxygens (including phenoxy) is 1. The van der Waals surface area contributed by atoms with Gasteiger partial charge in [-0.3, -0.25) is 18.9 Å². The second-order valence-corrected chi connectivity index (χ2v) is 16.3. The summed E-state index contributed by atoms with van der Waals surface area (Å²) in [6, 6.07) is 0. The number of unbranched alkanes of at least 4 members (excludes halogenated alkanes) is 4. The normalized spacial score (nSPS) is 22.4. The van der Waals surface area contributed by atoms with Gasteiger partial charge in [0, 0.05) is 0 Å². The minimum atomic E-state index is -5.73. The molecule has 0 aromatic carbocycles. The van der Waals surface area contributed by atoms with Crippen LogP contribution in [0.1, 0.15) is 85.3 Å². The predicted molar refractivity (Wildman–Crippen MR) is 178 cm³/mol. The van der Waals surface area contributed by atoms with E-state index in [9.17, 15) is 33.6 Å². The van der Waals surface area contributed by atoms with Gasteiger partial charge in [0.05, 0.1) is 39.1 Å². The van der Waals surface area contributed by atoms with E-state index in [0.29, 0.717) is 0 Å². The fourth-order valence-electron chi connectivity index (χ4n) is 5.34. The highest BCUT2D eigenvalue weighted by Crippen LogP contribution is 2.66. The van der Waals surface area contributed by atoms with Crippen LogP contribution in [0.5, 0.6) is 0 Å². The van der Waals surface area contributed by atoms with Crippen LogP contribution in [-0.2, 0) is 31.6 Å². The summed E-state index contributed by atoms with van der Waals surface area (Å²) < 4.78 is 53.0. The number of nitrogens with two attached hydrogens (primary N) is 1. The molecule has 23 heteroatoms. The fraction of sp³-hybridized carbons (Fsp3) is 0.808. The van der Waals surface area contributed by atoms with Gasteiger partial charge in [-0.15, -0.1) is 0 Å². The standard InChI is InChI=1S/C16H36N.C10H16N5O14P3/c1-5-9-13-17(14-10-6-2,15-11-7-3)16-12-8-4;11-10-13-7-4(8(18)14-10)12-2-15(7)9-6(17)5(16)3(27-9)1-26-31(22,23)29-32(24,25)28-30(19,20)21/h5-16H2,1-4H3;2-3,5-6,9,16-17H,1H2,(H,22,23)(H,24,25)(H2,19,20,21)(H3,11,13,14,18)/q+1;/t;3-,5-,6-,9-/m.1/s1. The lowest BCUT2D eigenvalue weighted by atomic mass is 10.1. The first-order chi connectivity index (χ1) is 22.8. The van der Waals surface area contributed by atoms with Crippen LogP contribution in [-0.4, -0.2) is 105 Å². The molecule has 3 heterocycles. The highest BCUT2D eigenvalue weighted by atomic mass is 31.3. The Morgan fingerprint density at radius 1 is 0.878 bits per heavy atom. The third-order valence-electron chi connectivity index (χ3n) is 7.82. The quantitative estimate of drug-likeness (QED) is 0.0710. The Kier molecular flexibility index (Phi) is 17.2. The number of hydrogen-bond acceptors (Lipinski definition) is 13. The number of fused-ring (bicyclic) bond motifs is 1. The van der Waals surface area contributed by atoms with Crippen molar-refractivity contribution in [2.45, 2.75) is 104 Å². The fourth-order valence-corrected chi connectivity index (χ4v) is 8.37. The smallest absolute Gasteiger partial charge is 0.387 e. The van der Waals surface area contributed by atoms with E-state index in [0.717, 1.165) is 10.9 Å². The molecule has 0 radical (unpaired) electrons. The Morgan fingerprint density at radius 3 is 1.86 bits per heavy atom. The molecule has 0 aliphatic carbocycles.